The van der Waals surface area contributed by atoms with Crippen LogP contribution >= 0.6 is 22.9 Å². The monoisotopic (exact) mass is 461 g/mol. The predicted molar refractivity (Wildman–Crippen MR) is 123 cm³/mol. The van der Waals surface area contributed by atoms with E-state index in [1.807, 2.05) is 24.0 Å². The Morgan fingerprint density at radius 1 is 1.13 bits per heavy atom. The van der Waals surface area contributed by atoms with E-state index in [1.54, 1.807) is 23.3 Å². The minimum absolute atomic E-state index is 0.0153. The molecule has 2 aliphatic rings. The molecule has 0 aliphatic carbocycles. The summed E-state index contributed by atoms with van der Waals surface area (Å²) < 4.78 is 5.32. The van der Waals surface area contributed by atoms with Crippen molar-refractivity contribution in [3.63, 3.8) is 0 Å². The van der Waals surface area contributed by atoms with E-state index in [1.165, 1.54) is 16.0 Å². The molecular formula is C23H28ClN3O3S. The number of thiophene rings is 1. The van der Waals surface area contributed by atoms with Crippen molar-refractivity contribution >= 4 is 34.8 Å². The average Bonchev–Trinajstić information content (AvgIpc) is 3.27. The molecule has 2 amide bonds. The molecule has 1 fully saturated rings. The number of alkyl halides is 1. The molecule has 0 radical (unpaired) electrons. The molecule has 6 nitrogen and oxygen atoms in total. The number of hydrogen-bond donors (Lipinski definition) is 0. The third-order valence-corrected chi connectivity index (χ3v) is 7.48. The molecule has 4 rings (SSSR count). The topological polar surface area (TPSA) is 53.1 Å². The van der Waals surface area contributed by atoms with Crippen LogP contribution in [-0.4, -0.2) is 78.3 Å². The third-order valence-electron chi connectivity index (χ3n) is 6.25. The zero-order valence-electron chi connectivity index (χ0n) is 17.9. The summed E-state index contributed by atoms with van der Waals surface area (Å²) in [5.41, 5.74) is 2.46. The number of amides is 2. The van der Waals surface area contributed by atoms with Gasteiger partial charge in [-0.25, -0.2) is 0 Å². The molecule has 166 valence electrons. The zero-order valence-corrected chi connectivity index (χ0v) is 19.5. The molecule has 2 aliphatic heterocycles. The van der Waals surface area contributed by atoms with E-state index in [0.717, 1.165) is 18.7 Å². The molecule has 0 N–H and O–H groups in total. The van der Waals surface area contributed by atoms with Crippen molar-refractivity contribution in [1.82, 2.24) is 14.7 Å². The van der Waals surface area contributed by atoms with Crippen molar-refractivity contribution in [2.24, 2.45) is 0 Å². The Kier molecular flexibility index (Phi) is 6.84. The van der Waals surface area contributed by atoms with Crippen LogP contribution in [-0.2, 0) is 16.0 Å². The van der Waals surface area contributed by atoms with Gasteiger partial charge in [-0.3, -0.25) is 14.5 Å². The maximum absolute atomic E-state index is 13.2. The molecule has 2 atom stereocenters. The van der Waals surface area contributed by atoms with Crippen molar-refractivity contribution < 1.29 is 14.3 Å². The van der Waals surface area contributed by atoms with Gasteiger partial charge in [-0.2, -0.15) is 0 Å². The first-order valence-electron chi connectivity index (χ1n) is 10.6. The molecule has 0 saturated carbocycles. The summed E-state index contributed by atoms with van der Waals surface area (Å²) in [7, 11) is 1.67. The zero-order chi connectivity index (χ0) is 22.0. The highest BCUT2D eigenvalue weighted by atomic mass is 35.5. The van der Waals surface area contributed by atoms with Gasteiger partial charge in [-0.05, 0) is 48.1 Å². The van der Waals surface area contributed by atoms with Crippen LogP contribution in [0.4, 0.5) is 0 Å². The highest BCUT2D eigenvalue weighted by Gasteiger charge is 2.34. The number of piperazine rings is 1. The summed E-state index contributed by atoms with van der Waals surface area (Å²) in [4.78, 5) is 32.5. The maximum atomic E-state index is 13.2. The van der Waals surface area contributed by atoms with Gasteiger partial charge >= 0.3 is 0 Å². The van der Waals surface area contributed by atoms with Gasteiger partial charge in [0.2, 0.25) is 11.8 Å². The Morgan fingerprint density at radius 3 is 2.58 bits per heavy atom. The van der Waals surface area contributed by atoms with Gasteiger partial charge in [0.05, 0.1) is 19.7 Å². The normalized spacial score (nSPS) is 21.6. The number of fused-ring (bicyclic) bond motifs is 1. The van der Waals surface area contributed by atoms with E-state index in [-0.39, 0.29) is 29.8 Å². The minimum atomic E-state index is -0.0677. The summed E-state index contributed by atoms with van der Waals surface area (Å²) >= 11 is 7.51. The molecule has 31 heavy (non-hydrogen) atoms. The lowest BCUT2D eigenvalue weighted by molar-refractivity contribution is -0.142. The Balaban J connectivity index is 1.50. The smallest absolute Gasteiger partial charge is 0.237 e. The Morgan fingerprint density at radius 2 is 1.90 bits per heavy atom. The van der Waals surface area contributed by atoms with E-state index < -0.39 is 0 Å². The first kappa shape index (κ1) is 22.1. The molecule has 0 bridgehead atoms. The van der Waals surface area contributed by atoms with Crippen LogP contribution in [0.15, 0.2) is 35.7 Å². The number of carbonyl (C=O) groups is 2. The molecule has 1 saturated heterocycles. The number of halogens is 1. The largest absolute Gasteiger partial charge is 0.497 e. The van der Waals surface area contributed by atoms with Crippen molar-refractivity contribution in [3.8, 4) is 5.75 Å². The SMILES string of the molecule is COc1ccc([C@H]2c3ccsc3CCN2CC(=O)N2CCN(C(=O)CCl)[C@H](C)C2)cc1. The lowest BCUT2D eigenvalue weighted by atomic mass is 9.93. The summed E-state index contributed by atoms with van der Waals surface area (Å²) in [5, 5.41) is 2.14. The highest BCUT2D eigenvalue weighted by Crippen LogP contribution is 2.38. The van der Waals surface area contributed by atoms with Crippen LogP contribution in [0.2, 0.25) is 0 Å². The number of ether oxygens (including phenoxy) is 1. The van der Waals surface area contributed by atoms with E-state index >= 15 is 0 Å². The van der Waals surface area contributed by atoms with Gasteiger partial charge in [0.1, 0.15) is 11.6 Å². The summed E-state index contributed by atoms with van der Waals surface area (Å²) in [6.45, 7) is 4.82. The second-order valence-electron chi connectivity index (χ2n) is 8.10. The predicted octanol–water partition coefficient (Wildman–Crippen LogP) is 3.00. The number of rotatable bonds is 5. The molecular weight excluding hydrogens is 434 g/mol. The fraction of sp³-hybridized carbons (Fsp3) is 0.478. The van der Waals surface area contributed by atoms with Crippen molar-refractivity contribution in [2.75, 3.05) is 45.7 Å². The minimum Gasteiger partial charge on any atom is -0.497 e. The number of methoxy groups -OCH3 is 1. The molecule has 0 spiro atoms. The fourth-order valence-electron chi connectivity index (χ4n) is 4.62. The molecule has 0 unspecified atom stereocenters. The molecule has 8 heteroatoms. The lowest BCUT2D eigenvalue weighted by Crippen LogP contribution is -2.57. The van der Waals surface area contributed by atoms with Crippen molar-refractivity contribution in [3.05, 3.63) is 51.7 Å². The van der Waals surface area contributed by atoms with Crippen LogP contribution in [0, 0.1) is 0 Å². The van der Waals surface area contributed by atoms with Gasteiger partial charge in [-0.1, -0.05) is 12.1 Å². The molecule has 3 heterocycles. The number of carbonyl (C=O) groups excluding carboxylic acids is 2. The second-order valence-corrected chi connectivity index (χ2v) is 9.37. The van der Waals surface area contributed by atoms with Gasteiger partial charge in [0.25, 0.3) is 0 Å². The van der Waals surface area contributed by atoms with Crippen LogP contribution < -0.4 is 4.74 Å². The quantitative estimate of drug-likeness (QED) is 0.642. The van der Waals surface area contributed by atoms with E-state index in [9.17, 15) is 9.59 Å². The number of nitrogens with zero attached hydrogens (tertiary/aromatic N) is 3. The number of hydrogen-bond acceptors (Lipinski definition) is 5. The third kappa shape index (κ3) is 4.59. The van der Waals surface area contributed by atoms with Crippen LogP contribution in [0.3, 0.4) is 0 Å². The Bertz CT molecular complexity index is 932. The second kappa shape index (κ2) is 9.59. The highest BCUT2D eigenvalue weighted by molar-refractivity contribution is 7.10. The van der Waals surface area contributed by atoms with Gasteiger partial charge in [0.15, 0.2) is 0 Å². The van der Waals surface area contributed by atoms with E-state index in [2.05, 4.69) is 28.5 Å². The average molecular weight is 462 g/mol. The van der Waals surface area contributed by atoms with E-state index in [0.29, 0.717) is 26.2 Å². The molecule has 1 aromatic heterocycles. The van der Waals surface area contributed by atoms with Crippen molar-refractivity contribution in [1.29, 1.82) is 0 Å². The van der Waals surface area contributed by atoms with Gasteiger partial charge in [0, 0.05) is 37.1 Å². The van der Waals surface area contributed by atoms with Gasteiger partial charge < -0.3 is 14.5 Å². The fourth-order valence-corrected chi connectivity index (χ4v) is 5.68. The van der Waals surface area contributed by atoms with Gasteiger partial charge in [-0.15, -0.1) is 22.9 Å². The summed E-state index contributed by atoms with van der Waals surface area (Å²) in [5.74, 6) is 0.855. The first-order chi connectivity index (χ1) is 15.0. The first-order valence-corrected chi connectivity index (χ1v) is 12.0. The Hall–Kier alpha value is -2.09. The van der Waals surface area contributed by atoms with Crippen molar-refractivity contribution in [2.45, 2.75) is 25.4 Å². The lowest BCUT2D eigenvalue weighted by Gasteiger charge is -2.41. The van der Waals surface area contributed by atoms with E-state index in [4.69, 9.17) is 16.3 Å². The maximum Gasteiger partial charge on any atom is 0.237 e. The molecule has 1 aromatic carbocycles. The summed E-state index contributed by atoms with van der Waals surface area (Å²) in [6, 6.07) is 10.4. The standard InChI is InChI=1S/C23H28ClN3O3S/c1-16-14-25(10-11-27(16)21(28)13-24)22(29)15-26-9-7-20-19(8-12-31-20)23(26)17-3-5-18(30-2)6-4-17/h3-6,8,12,16,23H,7,9-11,13-15H2,1-2H3/t16-,23+/m1/s1. The number of benzene rings is 1. The van der Waals surface area contributed by atoms with Crippen LogP contribution in [0.1, 0.15) is 29.0 Å². The molecule has 2 aromatic rings. The summed E-state index contributed by atoms with van der Waals surface area (Å²) in [6.07, 6.45) is 0.960. The van der Waals surface area contributed by atoms with Crippen LogP contribution in [0.25, 0.3) is 0 Å². The van der Waals surface area contributed by atoms with Crippen LogP contribution in [0.5, 0.6) is 5.75 Å². The Labute approximate surface area is 192 Å².